The quantitative estimate of drug-likeness (QED) is 0.461. The minimum atomic E-state index is -0.452. The van der Waals surface area contributed by atoms with Crippen molar-refractivity contribution in [3.63, 3.8) is 0 Å². The maximum absolute atomic E-state index is 11.4. The summed E-state index contributed by atoms with van der Waals surface area (Å²) in [5.41, 5.74) is 4.71. The lowest BCUT2D eigenvalue weighted by atomic mass is 10.1. The molecule has 2 atom stereocenters. The predicted molar refractivity (Wildman–Crippen MR) is 63.8 cm³/mol. The van der Waals surface area contributed by atoms with Crippen molar-refractivity contribution in [3.8, 4) is 0 Å². The molecule has 2 unspecified atom stereocenters. The van der Waals surface area contributed by atoms with Crippen LogP contribution in [0.5, 0.6) is 0 Å². The van der Waals surface area contributed by atoms with E-state index in [1.165, 1.54) is 11.8 Å². The van der Waals surface area contributed by atoms with Crippen molar-refractivity contribution in [2.45, 2.75) is 24.4 Å². The Morgan fingerprint density at radius 3 is 2.88 bits per heavy atom. The van der Waals surface area contributed by atoms with Gasteiger partial charge < -0.3 is 16.4 Å². The van der Waals surface area contributed by atoms with Gasteiger partial charge in [0, 0.05) is 25.9 Å². The number of primary amides is 1. The van der Waals surface area contributed by atoms with Gasteiger partial charge in [0.1, 0.15) is 5.50 Å². The first-order valence-electron chi connectivity index (χ1n) is 5.17. The van der Waals surface area contributed by atoms with Crippen LogP contribution in [0.1, 0.15) is 12.8 Å². The van der Waals surface area contributed by atoms with Gasteiger partial charge in [-0.2, -0.15) is 0 Å². The first-order chi connectivity index (χ1) is 8.01. The second-order valence-corrected chi connectivity index (χ2v) is 4.76. The summed E-state index contributed by atoms with van der Waals surface area (Å²) in [7, 11) is 1.55. The Bertz CT molecular complexity index is 321. The van der Waals surface area contributed by atoms with Crippen molar-refractivity contribution in [1.29, 1.82) is 0 Å². The summed E-state index contributed by atoms with van der Waals surface area (Å²) < 4.78 is 0. The number of carbonyl (C=O) groups is 3. The van der Waals surface area contributed by atoms with Gasteiger partial charge in [0.05, 0.1) is 5.75 Å². The van der Waals surface area contributed by atoms with Gasteiger partial charge in [0.15, 0.2) is 0 Å². The number of amides is 3. The summed E-state index contributed by atoms with van der Waals surface area (Å²) in [6, 6.07) is -0.261. The van der Waals surface area contributed by atoms with E-state index in [1.807, 2.05) is 0 Å². The van der Waals surface area contributed by atoms with Crippen LogP contribution >= 0.6 is 11.8 Å². The molecule has 3 amide bonds. The highest BCUT2D eigenvalue weighted by Gasteiger charge is 2.27. The number of rotatable bonds is 5. The lowest BCUT2D eigenvalue weighted by Gasteiger charge is -2.30. The lowest BCUT2D eigenvalue weighted by molar-refractivity contribution is -0.124. The van der Waals surface area contributed by atoms with Crippen molar-refractivity contribution in [1.82, 2.24) is 16.0 Å². The highest BCUT2D eigenvalue weighted by atomic mass is 32.2. The topological polar surface area (TPSA) is 113 Å². The van der Waals surface area contributed by atoms with E-state index in [2.05, 4.69) is 16.0 Å². The van der Waals surface area contributed by atoms with Gasteiger partial charge in [0.25, 0.3) is 0 Å². The Labute approximate surface area is 103 Å². The van der Waals surface area contributed by atoms with Crippen molar-refractivity contribution in [3.05, 3.63) is 0 Å². The van der Waals surface area contributed by atoms with Gasteiger partial charge in [-0.15, -0.1) is 11.8 Å². The summed E-state index contributed by atoms with van der Waals surface area (Å²) in [5.74, 6) is -0.489. The average molecular weight is 260 g/mol. The van der Waals surface area contributed by atoms with Gasteiger partial charge >= 0.3 is 0 Å². The summed E-state index contributed by atoms with van der Waals surface area (Å²) in [6.45, 7) is 0. The van der Waals surface area contributed by atoms with Crippen molar-refractivity contribution in [2.75, 3.05) is 12.8 Å². The summed E-state index contributed by atoms with van der Waals surface area (Å²) in [4.78, 5) is 33.2. The summed E-state index contributed by atoms with van der Waals surface area (Å²) in [5, 5.41) is 8.21. The lowest BCUT2D eigenvalue weighted by Crippen LogP contribution is -2.55. The van der Waals surface area contributed by atoms with E-state index in [0.29, 0.717) is 0 Å². The maximum atomic E-state index is 11.4. The van der Waals surface area contributed by atoms with Crippen LogP contribution in [0.15, 0.2) is 0 Å². The van der Waals surface area contributed by atoms with Crippen LogP contribution in [0.3, 0.4) is 0 Å². The fraction of sp³-hybridized carbons (Fsp3) is 0.667. The van der Waals surface area contributed by atoms with Gasteiger partial charge in [-0.25, -0.2) is 0 Å². The SMILES string of the molecule is CNC(=O)CSC1NC(=O)CC(CC(N)=O)N1. The van der Waals surface area contributed by atoms with Crippen LogP contribution in [-0.2, 0) is 14.4 Å². The van der Waals surface area contributed by atoms with Crippen molar-refractivity contribution in [2.24, 2.45) is 5.73 Å². The van der Waals surface area contributed by atoms with E-state index < -0.39 is 5.91 Å². The molecule has 5 N–H and O–H groups in total. The number of hydrogen-bond acceptors (Lipinski definition) is 5. The van der Waals surface area contributed by atoms with Crippen LogP contribution in [0.4, 0.5) is 0 Å². The Balaban J connectivity index is 2.42. The van der Waals surface area contributed by atoms with Crippen molar-refractivity contribution < 1.29 is 14.4 Å². The molecule has 0 aromatic rings. The molecule has 8 heteroatoms. The highest BCUT2D eigenvalue weighted by Crippen LogP contribution is 2.13. The summed E-state index contributed by atoms with van der Waals surface area (Å²) in [6.07, 6.45) is 0.338. The number of carbonyl (C=O) groups excluding carboxylic acids is 3. The zero-order valence-corrected chi connectivity index (χ0v) is 10.3. The van der Waals surface area contributed by atoms with Crippen LogP contribution in [0, 0.1) is 0 Å². The number of nitrogens with one attached hydrogen (secondary N) is 3. The fourth-order valence-electron chi connectivity index (χ4n) is 1.44. The summed E-state index contributed by atoms with van der Waals surface area (Å²) >= 11 is 1.26. The van der Waals surface area contributed by atoms with Crippen molar-refractivity contribution >= 4 is 29.5 Å². The van der Waals surface area contributed by atoms with E-state index >= 15 is 0 Å². The monoisotopic (exact) mass is 260 g/mol. The predicted octanol–water partition coefficient (Wildman–Crippen LogP) is -1.90. The third-order valence-electron chi connectivity index (χ3n) is 2.22. The zero-order chi connectivity index (χ0) is 12.8. The molecule has 1 heterocycles. The number of nitrogens with two attached hydrogens (primary N) is 1. The van der Waals surface area contributed by atoms with Gasteiger partial charge in [0.2, 0.25) is 17.7 Å². The van der Waals surface area contributed by atoms with Crippen LogP contribution in [-0.4, -0.2) is 42.1 Å². The second kappa shape index (κ2) is 6.45. The van der Waals surface area contributed by atoms with Crippen LogP contribution in [0.25, 0.3) is 0 Å². The van der Waals surface area contributed by atoms with Gasteiger partial charge in [-0.1, -0.05) is 0 Å². The third-order valence-corrected chi connectivity index (χ3v) is 3.23. The maximum Gasteiger partial charge on any atom is 0.229 e. The van der Waals surface area contributed by atoms with Crippen LogP contribution in [0.2, 0.25) is 0 Å². The Hall–Kier alpha value is -1.28. The van der Waals surface area contributed by atoms with E-state index in [0.717, 1.165) is 0 Å². The molecular formula is C9H16N4O3S. The first-order valence-corrected chi connectivity index (χ1v) is 6.22. The molecule has 17 heavy (non-hydrogen) atoms. The zero-order valence-electron chi connectivity index (χ0n) is 9.49. The molecule has 7 nitrogen and oxygen atoms in total. The Kier molecular flexibility index (Phi) is 5.23. The Morgan fingerprint density at radius 1 is 1.59 bits per heavy atom. The average Bonchev–Trinajstić information content (AvgIpc) is 2.24. The van der Waals surface area contributed by atoms with E-state index in [1.54, 1.807) is 7.05 Å². The van der Waals surface area contributed by atoms with Gasteiger partial charge in [-0.05, 0) is 0 Å². The molecule has 0 aliphatic carbocycles. The second-order valence-electron chi connectivity index (χ2n) is 3.67. The van der Waals surface area contributed by atoms with Gasteiger partial charge in [-0.3, -0.25) is 19.7 Å². The standard InChI is InChI=1S/C9H16N4O3S/c1-11-8(16)4-17-9-12-5(2-6(10)14)3-7(15)13-9/h5,9,12H,2-4H2,1H3,(H2,10,14)(H,11,16)(H,13,15). The molecule has 96 valence electrons. The molecule has 0 aromatic heterocycles. The molecule has 1 aliphatic heterocycles. The number of hydrogen-bond donors (Lipinski definition) is 4. The third kappa shape index (κ3) is 5.05. The molecular weight excluding hydrogens is 244 g/mol. The molecule has 1 aliphatic rings. The molecule has 1 fully saturated rings. The Morgan fingerprint density at radius 2 is 2.29 bits per heavy atom. The molecule has 0 spiro atoms. The normalized spacial score (nSPS) is 23.9. The fourth-order valence-corrected chi connectivity index (χ4v) is 2.40. The molecule has 0 aromatic carbocycles. The highest BCUT2D eigenvalue weighted by molar-refractivity contribution is 8.00. The largest absolute Gasteiger partial charge is 0.370 e. The molecule has 0 bridgehead atoms. The minimum absolute atomic E-state index is 0.116. The molecule has 1 rings (SSSR count). The van der Waals surface area contributed by atoms with Crippen LogP contribution < -0.4 is 21.7 Å². The van der Waals surface area contributed by atoms with E-state index in [9.17, 15) is 14.4 Å². The van der Waals surface area contributed by atoms with E-state index in [-0.39, 0.29) is 41.9 Å². The van der Waals surface area contributed by atoms with E-state index in [4.69, 9.17) is 5.73 Å². The molecule has 0 radical (unpaired) electrons. The molecule has 0 saturated carbocycles. The minimum Gasteiger partial charge on any atom is -0.370 e. The smallest absolute Gasteiger partial charge is 0.229 e. The number of thioether (sulfide) groups is 1. The first kappa shape index (κ1) is 13.8. The molecule has 1 saturated heterocycles.